The van der Waals surface area contributed by atoms with Crippen molar-refractivity contribution in [1.82, 2.24) is 9.88 Å². The molecule has 1 aliphatic rings. The average Bonchev–Trinajstić information content (AvgIpc) is 3.41. The summed E-state index contributed by atoms with van der Waals surface area (Å²) >= 11 is 0.843. The predicted molar refractivity (Wildman–Crippen MR) is 112 cm³/mol. The number of halogens is 3. The van der Waals surface area contributed by atoms with Crippen LogP contribution in [0.4, 0.5) is 18.9 Å². The van der Waals surface area contributed by atoms with Crippen LogP contribution in [0.15, 0.2) is 51.2 Å². The minimum atomic E-state index is -4.64. The molecule has 0 saturated carbocycles. The summed E-state index contributed by atoms with van der Waals surface area (Å²) in [5.41, 5.74) is 2.45. The summed E-state index contributed by atoms with van der Waals surface area (Å²) in [6.45, 7) is 1.93. The van der Waals surface area contributed by atoms with Crippen LogP contribution in [-0.2, 0) is 22.6 Å². The molecule has 0 radical (unpaired) electrons. The van der Waals surface area contributed by atoms with E-state index in [2.05, 4.69) is 31.4 Å². The number of aromatic nitrogens is 1. The van der Waals surface area contributed by atoms with Crippen LogP contribution in [-0.4, -0.2) is 33.2 Å². The number of hydrogen-bond donors (Lipinski definition) is 1. The van der Waals surface area contributed by atoms with Gasteiger partial charge in [0.2, 0.25) is 15.8 Å². The summed E-state index contributed by atoms with van der Waals surface area (Å²) < 4.78 is 70.0. The Kier molecular flexibility index (Phi) is 6.09. The first-order valence-electron chi connectivity index (χ1n) is 9.71. The molecule has 6 nitrogen and oxygen atoms in total. The zero-order valence-electron chi connectivity index (χ0n) is 16.4. The molecule has 0 fully saturated rings. The molecule has 2 aromatic heterocycles. The number of rotatable bonds is 7. The molecule has 1 aromatic carbocycles. The fraction of sp³-hybridized carbons (Fsp3) is 0.350. The van der Waals surface area contributed by atoms with Gasteiger partial charge in [-0.2, -0.15) is 13.2 Å². The molecule has 1 aliphatic heterocycles. The topological polar surface area (TPSA) is 75.4 Å². The first-order valence-corrected chi connectivity index (χ1v) is 12.0. The molecule has 0 spiro atoms. The Morgan fingerprint density at radius 3 is 2.77 bits per heavy atom. The van der Waals surface area contributed by atoms with Gasteiger partial charge in [-0.15, -0.1) is 11.3 Å². The van der Waals surface area contributed by atoms with Gasteiger partial charge in [0, 0.05) is 31.4 Å². The van der Waals surface area contributed by atoms with Crippen LogP contribution >= 0.6 is 11.3 Å². The van der Waals surface area contributed by atoms with Gasteiger partial charge in [-0.25, -0.2) is 13.1 Å². The van der Waals surface area contributed by atoms with Crippen molar-refractivity contribution >= 4 is 27.0 Å². The van der Waals surface area contributed by atoms with Crippen LogP contribution < -0.4 is 9.62 Å². The smallest absolute Gasteiger partial charge is 0.371 e. The van der Waals surface area contributed by atoms with Crippen molar-refractivity contribution in [2.24, 2.45) is 0 Å². The van der Waals surface area contributed by atoms with Crippen LogP contribution in [0.3, 0.4) is 0 Å². The minimum Gasteiger partial charge on any atom is -0.371 e. The van der Waals surface area contributed by atoms with E-state index in [-0.39, 0.29) is 21.3 Å². The van der Waals surface area contributed by atoms with Crippen LogP contribution in [0.1, 0.15) is 24.2 Å². The summed E-state index contributed by atoms with van der Waals surface area (Å²) in [6, 6.07) is 11.7. The van der Waals surface area contributed by atoms with E-state index < -0.39 is 22.0 Å². The summed E-state index contributed by atoms with van der Waals surface area (Å²) in [6.07, 6.45) is -1.90. The Morgan fingerprint density at radius 2 is 2.00 bits per heavy atom. The number of aryl methyl sites for hydroxylation is 1. The molecule has 166 valence electrons. The number of nitrogens with one attached hydrogen (secondary N) is 1. The highest BCUT2D eigenvalue weighted by molar-refractivity contribution is 7.91. The van der Waals surface area contributed by atoms with E-state index in [9.17, 15) is 21.6 Å². The van der Waals surface area contributed by atoms with Crippen LogP contribution in [0.2, 0.25) is 0 Å². The van der Waals surface area contributed by atoms with Gasteiger partial charge in [0.25, 0.3) is 0 Å². The maximum Gasteiger partial charge on any atom is 0.452 e. The van der Waals surface area contributed by atoms with Crippen LogP contribution in [0.5, 0.6) is 0 Å². The lowest BCUT2D eigenvalue weighted by molar-refractivity contribution is -0.155. The number of benzene rings is 1. The number of alkyl halides is 3. The van der Waals surface area contributed by atoms with Crippen molar-refractivity contribution in [3.05, 3.63) is 53.8 Å². The maximum atomic E-state index is 12.7. The van der Waals surface area contributed by atoms with E-state index in [0.717, 1.165) is 43.3 Å². The number of nitrogens with zero attached hydrogens (tertiary/aromatic N) is 2. The van der Waals surface area contributed by atoms with E-state index in [1.54, 1.807) is 0 Å². The molecule has 0 atom stereocenters. The Hall–Kier alpha value is -2.37. The van der Waals surface area contributed by atoms with Gasteiger partial charge in [0.1, 0.15) is 9.90 Å². The van der Waals surface area contributed by atoms with E-state index in [4.69, 9.17) is 0 Å². The first-order chi connectivity index (χ1) is 14.7. The highest BCUT2D eigenvalue weighted by Crippen LogP contribution is 2.35. The van der Waals surface area contributed by atoms with Crippen LogP contribution in [0, 0.1) is 0 Å². The Bertz CT molecular complexity index is 1160. The van der Waals surface area contributed by atoms with Gasteiger partial charge in [0.15, 0.2) is 0 Å². The molecule has 11 heteroatoms. The second kappa shape index (κ2) is 8.64. The average molecular weight is 472 g/mol. The number of para-hydroxylation sites is 1. The largest absolute Gasteiger partial charge is 0.452 e. The lowest BCUT2D eigenvalue weighted by atomic mass is 10.0. The molecule has 31 heavy (non-hydrogen) atoms. The third kappa shape index (κ3) is 4.94. The van der Waals surface area contributed by atoms with E-state index in [0.29, 0.717) is 6.42 Å². The van der Waals surface area contributed by atoms with Crippen molar-refractivity contribution in [2.75, 3.05) is 24.5 Å². The van der Waals surface area contributed by atoms with Crippen molar-refractivity contribution in [3.63, 3.8) is 0 Å². The Morgan fingerprint density at radius 1 is 1.19 bits per heavy atom. The van der Waals surface area contributed by atoms with Crippen molar-refractivity contribution < 1.29 is 26.1 Å². The molecule has 3 aromatic rings. The predicted octanol–water partition coefficient (Wildman–Crippen LogP) is 4.54. The van der Waals surface area contributed by atoms with Crippen molar-refractivity contribution in [1.29, 1.82) is 0 Å². The molecular weight excluding hydrogens is 451 g/mol. The fourth-order valence-electron chi connectivity index (χ4n) is 3.52. The molecular formula is C20H20F3N3O3S2. The molecule has 0 bridgehead atoms. The van der Waals surface area contributed by atoms with Crippen molar-refractivity contribution in [2.45, 2.75) is 29.6 Å². The Balaban J connectivity index is 1.34. The third-order valence-electron chi connectivity index (χ3n) is 4.99. The standard InChI is InChI=1S/C20H20F3N3O3S2/c21-20(22,23)18-13-15(25-29-18)17-8-9-19(30-17)31(27,28)24-10-4-12-26-11-3-6-14-5-1-2-7-16(14)26/h1-2,5,7-9,13,24H,3-4,6,10-12H2. The third-order valence-corrected chi connectivity index (χ3v) is 8.05. The van der Waals surface area contributed by atoms with E-state index in [1.165, 1.54) is 23.4 Å². The molecule has 0 saturated heterocycles. The number of thiophene rings is 1. The number of fused-ring (bicyclic) bond motifs is 1. The highest BCUT2D eigenvalue weighted by Gasteiger charge is 2.36. The van der Waals surface area contributed by atoms with Gasteiger partial charge in [-0.05, 0) is 43.0 Å². The number of hydrogen-bond acceptors (Lipinski definition) is 6. The molecule has 1 N–H and O–H groups in total. The lowest BCUT2D eigenvalue weighted by Gasteiger charge is -2.31. The zero-order valence-corrected chi connectivity index (χ0v) is 18.0. The van der Waals surface area contributed by atoms with Gasteiger partial charge < -0.3 is 9.42 Å². The Labute approximate surface area is 181 Å². The highest BCUT2D eigenvalue weighted by atomic mass is 32.2. The normalized spacial score (nSPS) is 14.6. The van der Waals surface area contributed by atoms with E-state index in [1.807, 2.05) is 12.1 Å². The second-order valence-corrected chi connectivity index (χ2v) is 10.2. The molecule has 0 aliphatic carbocycles. The van der Waals surface area contributed by atoms with Gasteiger partial charge in [0.05, 0.1) is 4.88 Å². The quantitative estimate of drug-likeness (QED) is 0.512. The monoisotopic (exact) mass is 471 g/mol. The van der Waals surface area contributed by atoms with Gasteiger partial charge in [-0.1, -0.05) is 23.4 Å². The van der Waals surface area contributed by atoms with Gasteiger partial charge in [-0.3, -0.25) is 0 Å². The summed E-state index contributed by atoms with van der Waals surface area (Å²) in [7, 11) is -3.76. The fourth-order valence-corrected chi connectivity index (χ4v) is 5.90. The molecule has 4 rings (SSSR count). The SMILES string of the molecule is O=S(=O)(NCCCN1CCCc2ccccc21)c1ccc(-c2cc(C(F)(F)F)on2)s1. The summed E-state index contributed by atoms with van der Waals surface area (Å²) in [5, 5.41) is 3.39. The minimum absolute atomic E-state index is 0.0161. The van der Waals surface area contributed by atoms with Crippen LogP contribution in [0.25, 0.3) is 10.6 Å². The van der Waals surface area contributed by atoms with E-state index >= 15 is 0 Å². The molecule has 3 heterocycles. The second-order valence-electron chi connectivity index (χ2n) is 7.16. The zero-order chi connectivity index (χ0) is 22.1. The summed E-state index contributed by atoms with van der Waals surface area (Å²) in [4.78, 5) is 2.55. The summed E-state index contributed by atoms with van der Waals surface area (Å²) in [5.74, 6) is -1.22. The lowest BCUT2D eigenvalue weighted by Crippen LogP contribution is -2.33. The molecule has 0 amide bonds. The molecule has 0 unspecified atom stereocenters. The number of sulfonamides is 1. The number of anilines is 1. The van der Waals surface area contributed by atoms with Crippen molar-refractivity contribution in [3.8, 4) is 10.6 Å². The van der Waals surface area contributed by atoms with Gasteiger partial charge >= 0.3 is 6.18 Å². The first kappa shape index (κ1) is 21.8. The maximum absolute atomic E-state index is 12.7.